The summed E-state index contributed by atoms with van der Waals surface area (Å²) in [6.45, 7) is 1.18. The molecule has 0 saturated carbocycles. The Hall–Kier alpha value is -1.44. The molecule has 2 saturated heterocycles. The van der Waals surface area contributed by atoms with Crippen molar-refractivity contribution in [3.8, 4) is 0 Å². The van der Waals surface area contributed by atoms with Gasteiger partial charge in [-0.15, -0.1) is 0 Å². The molecule has 118 valence electrons. The largest absolute Gasteiger partial charge is 0.345 e. The number of fused-ring (bicyclic) bond motifs is 3. The van der Waals surface area contributed by atoms with Crippen LogP contribution in [0.1, 0.15) is 19.3 Å². The van der Waals surface area contributed by atoms with Gasteiger partial charge < -0.3 is 4.98 Å². The molecule has 2 atom stereocenters. The molecule has 0 radical (unpaired) electrons. The Morgan fingerprint density at radius 1 is 1.27 bits per heavy atom. The standard InChI is InChI=1S/C15H20N4O2S/c1-18-11-4-5-12(18)10-19(8-6-11)22(20,21)14-9-17-15-13(14)3-2-7-16-15/h2-3,7,9,11-12H,4-6,8,10H2,1H3,(H,16,17). The van der Waals surface area contributed by atoms with E-state index in [2.05, 4.69) is 21.9 Å². The summed E-state index contributed by atoms with van der Waals surface area (Å²) >= 11 is 0. The number of aromatic nitrogens is 2. The van der Waals surface area contributed by atoms with E-state index in [1.807, 2.05) is 6.07 Å². The van der Waals surface area contributed by atoms with Crippen molar-refractivity contribution in [2.75, 3.05) is 20.1 Å². The van der Waals surface area contributed by atoms with Crippen LogP contribution in [0.2, 0.25) is 0 Å². The zero-order valence-corrected chi connectivity index (χ0v) is 13.4. The molecule has 0 spiro atoms. The summed E-state index contributed by atoms with van der Waals surface area (Å²) in [6, 6.07) is 4.44. The molecule has 0 aromatic carbocycles. The molecular weight excluding hydrogens is 300 g/mol. The van der Waals surface area contributed by atoms with E-state index in [4.69, 9.17) is 0 Å². The summed E-state index contributed by atoms with van der Waals surface area (Å²) in [7, 11) is -1.36. The van der Waals surface area contributed by atoms with Crippen molar-refractivity contribution in [3.05, 3.63) is 24.5 Å². The van der Waals surface area contributed by atoms with E-state index in [9.17, 15) is 8.42 Å². The van der Waals surface area contributed by atoms with E-state index in [-0.39, 0.29) is 0 Å². The molecule has 22 heavy (non-hydrogen) atoms. The molecule has 7 heteroatoms. The molecule has 0 aliphatic carbocycles. The van der Waals surface area contributed by atoms with Crippen LogP contribution in [0, 0.1) is 0 Å². The Labute approximate surface area is 130 Å². The van der Waals surface area contributed by atoms with Crippen molar-refractivity contribution in [2.24, 2.45) is 0 Å². The number of hydrogen-bond acceptors (Lipinski definition) is 4. The number of hydrogen-bond donors (Lipinski definition) is 1. The summed E-state index contributed by atoms with van der Waals surface area (Å²) in [4.78, 5) is 9.84. The fourth-order valence-corrected chi connectivity index (χ4v) is 5.42. The maximum atomic E-state index is 13.1. The van der Waals surface area contributed by atoms with Gasteiger partial charge in [0.2, 0.25) is 10.0 Å². The van der Waals surface area contributed by atoms with Gasteiger partial charge >= 0.3 is 0 Å². The molecule has 2 bridgehead atoms. The van der Waals surface area contributed by atoms with Crippen LogP contribution >= 0.6 is 0 Å². The van der Waals surface area contributed by atoms with Gasteiger partial charge in [0.1, 0.15) is 10.5 Å². The molecule has 2 unspecified atom stereocenters. The van der Waals surface area contributed by atoms with E-state index < -0.39 is 10.0 Å². The first-order valence-corrected chi connectivity index (χ1v) is 9.15. The van der Waals surface area contributed by atoms with E-state index in [1.54, 1.807) is 22.8 Å². The Morgan fingerprint density at radius 2 is 2.09 bits per heavy atom. The van der Waals surface area contributed by atoms with Crippen molar-refractivity contribution < 1.29 is 8.42 Å². The van der Waals surface area contributed by atoms with Crippen molar-refractivity contribution >= 4 is 21.1 Å². The molecular formula is C15H20N4O2S. The molecule has 6 nitrogen and oxygen atoms in total. The molecule has 4 heterocycles. The quantitative estimate of drug-likeness (QED) is 0.908. The highest BCUT2D eigenvalue weighted by Gasteiger charge is 2.39. The fourth-order valence-electron chi connectivity index (χ4n) is 3.78. The van der Waals surface area contributed by atoms with Crippen LogP contribution in [0.5, 0.6) is 0 Å². The first kappa shape index (κ1) is 14.2. The van der Waals surface area contributed by atoms with Gasteiger partial charge in [-0.2, -0.15) is 4.31 Å². The lowest BCUT2D eigenvalue weighted by molar-refractivity contribution is 0.246. The topological polar surface area (TPSA) is 69.3 Å². The maximum Gasteiger partial charge on any atom is 0.245 e. The number of rotatable bonds is 2. The minimum atomic E-state index is -3.48. The van der Waals surface area contributed by atoms with Gasteiger partial charge in [-0.05, 0) is 38.4 Å². The van der Waals surface area contributed by atoms with E-state index >= 15 is 0 Å². The van der Waals surface area contributed by atoms with Crippen LogP contribution in [0.25, 0.3) is 11.0 Å². The Balaban J connectivity index is 1.72. The number of nitrogens with one attached hydrogen (secondary N) is 1. The zero-order valence-electron chi connectivity index (χ0n) is 12.6. The van der Waals surface area contributed by atoms with Crippen LogP contribution < -0.4 is 0 Å². The van der Waals surface area contributed by atoms with Crippen molar-refractivity contribution in [3.63, 3.8) is 0 Å². The van der Waals surface area contributed by atoms with Crippen LogP contribution in [-0.2, 0) is 10.0 Å². The molecule has 2 aromatic rings. The summed E-state index contributed by atoms with van der Waals surface area (Å²) in [5, 5.41) is 0.672. The predicted octanol–water partition coefficient (Wildman–Crippen LogP) is 1.42. The Bertz CT molecular complexity index is 801. The molecule has 2 aliphatic heterocycles. The highest BCUT2D eigenvalue weighted by molar-refractivity contribution is 7.89. The predicted molar refractivity (Wildman–Crippen MR) is 84.0 cm³/mol. The van der Waals surface area contributed by atoms with E-state index in [0.29, 0.717) is 41.1 Å². The third-order valence-electron chi connectivity index (χ3n) is 5.14. The lowest BCUT2D eigenvalue weighted by Gasteiger charge is -2.25. The summed E-state index contributed by atoms with van der Waals surface area (Å²) in [5.41, 5.74) is 0.620. The molecule has 2 aromatic heterocycles. The summed E-state index contributed by atoms with van der Waals surface area (Å²) in [5.74, 6) is 0. The Kier molecular flexibility index (Phi) is 3.25. The highest BCUT2D eigenvalue weighted by atomic mass is 32.2. The van der Waals surface area contributed by atoms with Crippen LogP contribution in [0.15, 0.2) is 29.4 Å². The lowest BCUT2D eigenvalue weighted by Crippen LogP contribution is -2.39. The highest BCUT2D eigenvalue weighted by Crippen LogP contribution is 2.32. The monoisotopic (exact) mass is 320 g/mol. The summed E-state index contributed by atoms with van der Waals surface area (Å²) < 4.78 is 27.8. The zero-order chi connectivity index (χ0) is 15.3. The molecule has 0 amide bonds. The van der Waals surface area contributed by atoms with E-state index in [1.165, 1.54) is 6.42 Å². The normalized spacial score (nSPS) is 27.3. The second-order valence-corrected chi connectivity index (χ2v) is 8.16. The van der Waals surface area contributed by atoms with Crippen LogP contribution in [0.3, 0.4) is 0 Å². The SMILES string of the molecule is CN1C2CCC1CN(S(=O)(=O)c1c[nH]c3ncccc13)CC2. The molecule has 2 aliphatic rings. The summed E-state index contributed by atoms with van der Waals surface area (Å²) in [6.07, 6.45) is 6.41. The van der Waals surface area contributed by atoms with Crippen molar-refractivity contribution in [1.82, 2.24) is 19.2 Å². The Morgan fingerprint density at radius 3 is 2.95 bits per heavy atom. The number of aromatic amines is 1. The van der Waals surface area contributed by atoms with Gasteiger partial charge in [-0.1, -0.05) is 0 Å². The fraction of sp³-hybridized carbons (Fsp3) is 0.533. The second-order valence-electron chi connectivity index (χ2n) is 6.25. The lowest BCUT2D eigenvalue weighted by atomic mass is 10.1. The van der Waals surface area contributed by atoms with Crippen LogP contribution in [0.4, 0.5) is 0 Å². The number of pyridine rings is 1. The minimum Gasteiger partial charge on any atom is -0.345 e. The van der Waals surface area contributed by atoms with Gasteiger partial charge in [0, 0.05) is 43.0 Å². The van der Waals surface area contributed by atoms with Gasteiger partial charge in [0.25, 0.3) is 0 Å². The third kappa shape index (κ3) is 2.07. The van der Waals surface area contributed by atoms with Gasteiger partial charge in [-0.3, -0.25) is 4.90 Å². The maximum absolute atomic E-state index is 13.1. The van der Waals surface area contributed by atoms with Crippen molar-refractivity contribution in [2.45, 2.75) is 36.2 Å². The average Bonchev–Trinajstić information content (AvgIpc) is 3.01. The molecule has 1 N–H and O–H groups in total. The number of likely N-dealkylation sites (N-methyl/N-ethyl adjacent to an activating group) is 1. The first-order valence-electron chi connectivity index (χ1n) is 7.71. The van der Waals surface area contributed by atoms with Gasteiger partial charge in [-0.25, -0.2) is 13.4 Å². The third-order valence-corrected chi connectivity index (χ3v) is 7.05. The van der Waals surface area contributed by atoms with Gasteiger partial charge in [0.15, 0.2) is 0 Å². The minimum absolute atomic E-state index is 0.339. The van der Waals surface area contributed by atoms with Crippen molar-refractivity contribution in [1.29, 1.82) is 0 Å². The van der Waals surface area contributed by atoms with E-state index in [0.717, 1.165) is 12.8 Å². The molecule has 4 rings (SSSR count). The number of H-pyrrole nitrogens is 1. The van der Waals surface area contributed by atoms with Gasteiger partial charge in [0.05, 0.1) is 0 Å². The smallest absolute Gasteiger partial charge is 0.245 e. The number of nitrogens with zero attached hydrogens (tertiary/aromatic N) is 3. The second kappa shape index (κ2) is 5.04. The average molecular weight is 320 g/mol. The van der Waals surface area contributed by atoms with Crippen LogP contribution in [-0.4, -0.2) is 59.8 Å². The molecule has 2 fully saturated rings. The number of sulfonamides is 1. The first-order chi connectivity index (χ1) is 10.6.